The van der Waals surface area contributed by atoms with E-state index in [1.165, 1.54) is 0 Å². The molecule has 1 aliphatic rings. The van der Waals surface area contributed by atoms with Crippen LogP contribution in [0.25, 0.3) is 0 Å². The van der Waals surface area contributed by atoms with Crippen LogP contribution in [-0.2, 0) is 14.3 Å². The maximum atomic E-state index is 11.5. The van der Waals surface area contributed by atoms with Gasteiger partial charge >= 0.3 is 0 Å². The summed E-state index contributed by atoms with van der Waals surface area (Å²) < 4.78 is 10.5. The van der Waals surface area contributed by atoms with Gasteiger partial charge in [-0.05, 0) is 13.8 Å². The number of carbonyl (C=O) groups is 1. The molecule has 0 aliphatic carbocycles. The summed E-state index contributed by atoms with van der Waals surface area (Å²) in [6.07, 6.45) is -0.408. The second kappa shape index (κ2) is 5.44. The lowest BCUT2D eigenvalue weighted by atomic mass is 10.00. The molecule has 0 aromatic rings. The van der Waals surface area contributed by atoms with Crippen LogP contribution in [0.5, 0.6) is 0 Å². The number of rotatable bonds is 6. The van der Waals surface area contributed by atoms with Gasteiger partial charge in [-0.15, -0.1) is 0 Å². The second-order valence-corrected chi connectivity index (χ2v) is 4.10. The highest BCUT2D eigenvalue weighted by atomic mass is 16.5. The third-order valence-corrected chi connectivity index (χ3v) is 2.43. The Morgan fingerprint density at radius 2 is 2.27 bits per heavy atom. The molecule has 1 fully saturated rings. The molecule has 1 unspecified atom stereocenters. The Hall–Kier alpha value is -0.650. The minimum absolute atomic E-state index is 0.0832. The fraction of sp³-hybridized carbons (Fsp3) is 0.900. The Morgan fingerprint density at radius 1 is 1.60 bits per heavy atom. The van der Waals surface area contributed by atoms with Gasteiger partial charge in [0.1, 0.15) is 6.10 Å². The van der Waals surface area contributed by atoms with E-state index in [0.717, 1.165) is 13.1 Å². The first kappa shape index (κ1) is 12.4. The van der Waals surface area contributed by atoms with E-state index in [9.17, 15) is 4.79 Å². The van der Waals surface area contributed by atoms with E-state index in [1.54, 1.807) is 14.0 Å². The maximum Gasteiger partial charge on any atom is 0.248 e. The monoisotopic (exact) mass is 216 g/mol. The molecule has 1 aliphatic heterocycles. The Labute approximate surface area is 90.5 Å². The van der Waals surface area contributed by atoms with Crippen molar-refractivity contribution in [2.45, 2.75) is 25.6 Å². The molecule has 1 atom stereocenters. The Balaban J connectivity index is 2.20. The number of carbonyl (C=O) groups excluding carboxylic acids is 1. The molecular formula is C10H20N2O3. The predicted molar refractivity (Wildman–Crippen MR) is 56.7 cm³/mol. The van der Waals surface area contributed by atoms with Crippen molar-refractivity contribution in [1.29, 1.82) is 0 Å². The van der Waals surface area contributed by atoms with Gasteiger partial charge in [0.25, 0.3) is 0 Å². The van der Waals surface area contributed by atoms with Crippen molar-refractivity contribution in [3.05, 3.63) is 0 Å². The lowest BCUT2D eigenvalue weighted by Gasteiger charge is -2.40. The number of hydrogen-bond acceptors (Lipinski definition) is 4. The van der Waals surface area contributed by atoms with E-state index >= 15 is 0 Å². The van der Waals surface area contributed by atoms with Gasteiger partial charge < -0.3 is 20.1 Å². The minimum Gasteiger partial charge on any atom is -0.383 e. The van der Waals surface area contributed by atoms with E-state index < -0.39 is 6.10 Å². The summed E-state index contributed by atoms with van der Waals surface area (Å²) in [5.74, 6) is -0.0832. The lowest BCUT2D eigenvalue weighted by molar-refractivity contribution is -0.149. The summed E-state index contributed by atoms with van der Waals surface area (Å²) in [5.41, 5.74) is -0.183. The SMILES string of the molecule is COCCNC(=O)C(C)OC1(C)CNC1. The third kappa shape index (κ3) is 3.77. The summed E-state index contributed by atoms with van der Waals surface area (Å²) in [6, 6.07) is 0. The van der Waals surface area contributed by atoms with Gasteiger partial charge in [-0.2, -0.15) is 0 Å². The van der Waals surface area contributed by atoms with Crippen LogP contribution in [0.15, 0.2) is 0 Å². The van der Waals surface area contributed by atoms with Crippen LogP contribution in [0.4, 0.5) is 0 Å². The molecule has 2 N–H and O–H groups in total. The molecule has 0 aromatic carbocycles. The number of methoxy groups -OCH3 is 1. The van der Waals surface area contributed by atoms with Crippen molar-refractivity contribution >= 4 is 5.91 Å². The number of ether oxygens (including phenoxy) is 2. The van der Waals surface area contributed by atoms with Crippen molar-refractivity contribution < 1.29 is 14.3 Å². The molecule has 0 aromatic heterocycles. The Morgan fingerprint density at radius 3 is 2.73 bits per heavy atom. The first-order chi connectivity index (χ1) is 7.07. The summed E-state index contributed by atoms with van der Waals surface area (Å²) in [7, 11) is 1.60. The molecule has 0 saturated carbocycles. The topological polar surface area (TPSA) is 59.6 Å². The number of nitrogens with one attached hydrogen (secondary N) is 2. The lowest BCUT2D eigenvalue weighted by Crippen LogP contribution is -2.61. The predicted octanol–water partition coefficient (Wildman–Crippen LogP) is -0.484. The van der Waals surface area contributed by atoms with E-state index in [2.05, 4.69) is 10.6 Å². The van der Waals surface area contributed by atoms with Crippen LogP contribution in [-0.4, -0.2) is 51.0 Å². The first-order valence-electron chi connectivity index (χ1n) is 5.22. The number of hydrogen-bond donors (Lipinski definition) is 2. The Bertz CT molecular complexity index is 217. The average Bonchev–Trinajstić information content (AvgIpc) is 2.15. The second-order valence-electron chi connectivity index (χ2n) is 4.10. The standard InChI is InChI=1S/C10H20N2O3/c1-8(9(13)12-4-5-14-3)15-10(2)6-11-7-10/h8,11H,4-7H2,1-3H3,(H,12,13). The molecule has 1 amide bonds. The van der Waals surface area contributed by atoms with Crippen LogP contribution in [0, 0.1) is 0 Å². The van der Waals surface area contributed by atoms with Crippen LogP contribution in [0.1, 0.15) is 13.8 Å². The molecular weight excluding hydrogens is 196 g/mol. The highest BCUT2D eigenvalue weighted by Gasteiger charge is 2.35. The van der Waals surface area contributed by atoms with Gasteiger partial charge in [0.2, 0.25) is 5.91 Å². The normalized spacial score (nSPS) is 20.5. The molecule has 1 heterocycles. The summed E-state index contributed by atoms with van der Waals surface area (Å²) in [5, 5.41) is 5.87. The van der Waals surface area contributed by atoms with Gasteiger partial charge in [-0.25, -0.2) is 0 Å². The smallest absolute Gasteiger partial charge is 0.248 e. The highest BCUT2D eigenvalue weighted by molar-refractivity contribution is 5.80. The fourth-order valence-electron chi connectivity index (χ4n) is 1.46. The van der Waals surface area contributed by atoms with Crippen molar-refractivity contribution in [3.63, 3.8) is 0 Å². The van der Waals surface area contributed by atoms with Crippen molar-refractivity contribution in [2.24, 2.45) is 0 Å². The zero-order chi connectivity index (χ0) is 11.3. The maximum absolute atomic E-state index is 11.5. The molecule has 88 valence electrons. The van der Waals surface area contributed by atoms with E-state index in [0.29, 0.717) is 13.2 Å². The van der Waals surface area contributed by atoms with Crippen molar-refractivity contribution in [1.82, 2.24) is 10.6 Å². The molecule has 5 heteroatoms. The highest BCUT2D eigenvalue weighted by Crippen LogP contribution is 2.17. The van der Waals surface area contributed by atoms with E-state index in [1.807, 2.05) is 6.92 Å². The average molecular weight is 216 g/mol. The Kier molecular flexibility index (Phi) is 4.50. The minimum atomic E-state index is -0.408. The fourth-order valence-corrected chi connectivity index (χ4v) is 1.46. The van der Waals surface area contributed by atoms with Gasteiger partial charge in [0, 0.05) is 26.7 Å². The van der Waals surface area contributed by atoms with Gasteiger partial charge in [-0.3, -0.25) is 4.79 Å². The molecule has 0 radical (unpaired) electrons. The zero-order valence-corrected chi connectivity index (χ0v) is 9.63. The quantitative estimate of drug-likeness (QED) is 0.589. The van der Waals surface area contributed by atoms with Crippen molar-refractivity contribution in [2.75, 3.05) is 33.4 Å². The van der Waals surface area contributed by atoms with Crippen LogP contribution >= 0.6 is 0 Å². The van der Waals surface area contributed by atoms with Crippen LogP contribution in [0.2, 0.25) is 0 Å². The zero-order valence-electron chi connectivity index (χ0n) is 9.63. The van der Waals surface area contributed by atoms with Crippen LogP contribution < -0.4 is 10.6 Å². The van der Waals surface area contributed by atoms with Crippen molar-refractivity contribution in [3.8, 4) is 0 Å². The molecule has 0 spiro atoms. The number of amides is 1. The third-order valence-electron chi connectivity index (χ3n) is 2.43. The summed E-state index contributed by atoms with van der Waals surface area (Å²) in [6.45, 7) is 6.44. The molecule has 1 saturated heterocycles. The van der Waals surface area contributed by atoms with E-state index in [-0.39, 0.29) is 11.5 Å². The molecule has 15 heavy (non-hydrogen) atoms. The summed E-state index contributed by atoms with van der Waals surface area (Å²) >= 11 is 0. The molecule has 1 rings (SSSR count). The largest absolute Gasteiger partial charge is 0.383 e. The van der Waals surface area contributed by atoms with Gasteiger partial charge in [0.15, 0.2) is 0 Å². The van der Waals surface area contributed by atoms with Gasteiger partial charge in [-0.1, -0.05) is 0 Å². The first-order valence-corrected chi connectivity index (χ1v) is 5.22. The molecule has 5 nitrogen and oxygen atoms in total. The van der Waals surface area contributed by atoms with Gasteiger partial charge in [0.05, 0.1) is 12.2 Å². The van der Waals surface area contributed by atoms with Crippen LogP contribution in [0.3, 0.4) is 0 Å². The summed E-state index contributed by atoms with van der Waals surface area (Å²) in [4.78, 5) is 11.5. The van der Waals surface area contributed by atoms with E-state index in [4.69, 9.17) is 9.47 Å². The molecule has 0 bridgehead atoms.